The van der Waals surface area contributed by atoms with E-state index in [-0.39, 0.29) is 0 Å². The molecule has 0 aliphatic heterocycles. The van der Waals surface area contributed by atoms with E-state index in [2.05, 4.69) is 25.2 Å². The third kappa shape index (κ3) is 4.75. The van der Waals surface area contributed by atoms with Crippen molar-refractivity contribution in [2.75, 3.05) is 20.3 Å². The molecule has 3 heteroatoms. The molecule has 1 aliphatic rings. The summed E-state index contributed by atoms with van der Waals surface area (Å²) in [5, 5.41) is 3.46. The molecule has 1 fully saturated rings. The molecule has 0 bridgehead atoms. The molecule has 0 spiro atoms. The summed E-state index contributed by atoms with van der Waals surface area (Å²) >= 11 is 0. The largest absolute Gasteiger partial charge is 0.497 e. The molecule has 1 aromatic rings. The van der Waals surface area contributed by atoms with Crippen LogP contribution in [0.1, 0.15) is 32.3 Å². The zero-order chi connectivity index (χ0) is 13.7. The van der Waals surface area contributed by atoms with Crippen LogP contribution >= 0.6 is 0 Å². The maximum absolute atomic E-state index is 5.92. The highest BCUT2D eigenvalue weighted by Gasteiger charge is 2.22. The predicted octanol–water partition coefficient (Wildman–Crippen LogP) is 3.23. The molecule has 0 atom stereocenters. The second-order valence-corrected chi connectivity index (χ2v) is 5.75. The molecule has 2 rings (SSSR count). The van der Waals surface area contributed by atoms with E-state index in [4.69, 9.17) is 9.47 Å². The molecule has 0 heterocycles. The zero-order valence-electron chi connectivity index (χ0n) is 12.2. The van der Waals surface area contributed by atoms with Gasteiger partial charge in [0, 0.05) is 12.1 Å². The molecule has 0 aromatic heterocycles. The molecule has 1 aromatic carbocycles. The van der Waals surface area contributed by atoms with Crippen molar-refractivity contribution in [2.45, 2.75) is 33.2 Å². The highest BCUT2D eigenvalue weighted by Crippen LogP contribution is 2.31. The number of rotatable bonds is 8. The van der Waals surface area contributed by atoms with Crippen LogP contribution in [-0.2, 0) is 6.54 Å². The second-order valence-electron chi connectivity index (χ2n) is 5.75. The summed E-state index contributed by atoms with van der Waals surface area (Å²) in [4.78, 5) is 0. The standard InChI is InChI=1S/C16H25NO2/c1-12(2)9-17-10-14-8-15(18-3)6-7-16(14)19-11-13-4-5-13/h6-8,12-13,17H,4-5,9-11H2,1-3H3. The lowest BCUT2D eigenvalue weighted by Crippen LogP contribution is -2.19. The third-order valence-corrected chi connectivity index (χ3v) is 3.31. The number of benzene rings is 1. The minimum absolute atomic E-state index is 0.654. The van der Waals surface area contributed by atoms with Gasteiger partial charge in [-0.05, 0) is 49.4 Å². The molecule has 1 saturated carbocycles. The molecule has 106 valence electrons. The molecule has 1 N–H and O–H groups in total. The van der Waals surface area contributed by atoms with Crippen molar-refractivity contribution in [3.05, 3.63) is 23.8 Å². The number of methoxy groups -OCH3 is 1. The molecular formula is C16H25NO2. The van der Waals surface area contributed by atoms with E-state index in [9.17, 15) is 0 Å². The van der Waals surface area contributed by atoms with E-state index in [1.54, 1.807) is 7.11 Å². The van der Waals surface area contributed by atoms with Crippen LogP contribution in [0.25, 0.3) is 0 Å². The Morgan fingerprint density at radius 2 is 2.11 bits per heavy atom. The minimum Gasteiger partial charge on any atom is -0.497 e. The maximum atomic E-state index is 5.92. The SMILES string of the molecule is COc1ccc(OCC2CC2)c(CNCC(C)C)c1. The van der Waals surface area contributed by atoms with Gasteiger partial charge >= 0.3 is 0 Å². The van der Waals surface area contributed by atoms with Gasteiger partial charge < -0.3 is 14.8 Å². The summed E-state index contributed by atoms with van der Waals surface area (Å²) < 4.78 is 11.2. The number of nitrogens with one attached hydrogen (secondary N) is 1. The predicted molar refractivity (Wildman–Crippen MR) is 77.8 cm³/mol. The number of ether oxygens (including phenoxy) is 2. The molecule has 0 radical (unpaired) electrons. The Balaban J connectivity index is 1.97. The quantitative estimate of drug-likeness (QED) is 0.781. The molecule has 0 amide bonds. The van der Waals surface area contributed by atoms with Gasteiger partial charge in [0.1, 0.15) is 11.5 Å². The van der Waals surface area contributed by atoms with E-state index in [1.807, 2.05) is 12.1 Å². The topological polar surface area (TPSA) is 30.5 Å². The lowest BCUT2D eigenvalue weighted by Gasteiger charge is -2.14. The lowest BCUT2D eigenvalue weighted by molar-refractivity contribution is 0.295. The molecule has 0 unspecified atom stereocenters. The monoisotopic (exact) mass is 263 g/mol. The van der Waals surface area contributed by atoms with Gasteiger partial charge in [-0.1, -0.05) is 13.8 Å². The maximum Gasteiger partial charge on any atom is 0.124 e. The van der Waals surface area contributed by atoms with Crippen LogP contribution in [0.2, 0.25) is 0 Å². The van der Waals surface area contributed by atoms with Crippen LogP contribution in [0.4, 0.5) is 0 Å². The lowest BCUT2D eigenvalue weighted by atomic mass is 10.1. The summed E-state index contributed by atoms with van der Waals surface area (Å²) in [6.07, 6.45) is 2.63. The minimum atomic E-state index is 0.654. The highest BCUT2D eigenvalue weighted by atomic mass is 16.5. The second kappa shape index (κ2) is 6.80. The van der Waals surface area contributed by atoms with Crippen molar-refractivity contribution in [3.63, 3.8) is 0 Å². The average molecular weight is 263 g/mol. The normalized spacial score (nSPS) is 14.7. The summed E-state index contributed by atoms with van der Waals surface area (Å²) in [5.74, 6) is 3.31. The molecule has 0 saturated heterocycles. The van der Waals surface area contributed by atoms with Gasteiger partial charge in [-0.3, -0.25) is 0 Å². The first-order valence-corrected chi connectivity index (χ1v) is 7.19. The Kier molecular flexibility index (Phi) is 5.08. The van der Waals surface area contributed by atoms with E-state index < -0.39 is 0 Å². The van der Waals surface area contributed by atoms with Crippen LogP contribution in [-0.4, -0.2) is 20.3 Å². The van der Waals surface area contributed by atoms with Gasteiger partial charge in [0.25, 0.3) is 0 Å². The zero-order valence-corrected chi connectivity index (χ0v) is 12.2. The summed E-state index contributed by atoms with van der Waals surface area (Å²) in [5.41, 5.74) is 1.18. The summed E-state index contributed by atoms with van der Waals surface area (Å²) in [6, 6.07) is 6.05. The van der Waals surface area contributed by atoms with Crippen molar-refractivity contribution in [2.24, 2.45) is 11.8 Å². The van der Waals surface area contributed by atoms with Crippen molar-refractivity contribution >= 4 is 0 Å². The first-order valence-electron chi connectivity index (χ1n) is 7.19. The Bertz CT molecular complexity index is 400. The van der Waals surface area contributed by atoms with E-state index in [1.165, 1.54) is 18.4 Å². The van der Waals surface area contributed by atoms with Crippen molar-refractivity contribution in [3.8, 4) is 11.5 Å². The van der Waals surface area contributed by atoms with E-state index >= 15 is 0 Å². The Labute approximate surface area is 116 Å². The van der Waals surface area contributed by atoms with Crippen LogP contribution in [0.5, 0.6) is 11.5 Å². The Hall–Kier alpha value is -1.22. The highest BCUT2D eigenvalue weighted by molar-refractivity contribution is 5.40. The van der Waals surface area contributed by atoms with Crippen molar-refractivity contribution in [1.29, 1.82) is 0 Å². The fraction of sp³-hybridized carbons (Fsp3) is 0.625. The number of hydrogen-bond acceptors (Lipinski definition) is 3. The Morgan fingerprint density at radius 1 is 1.32 bits per heavy atom. The molecular weight excluding hydrogens is 238 g/mol. The first-order chi connectivity index (χ1) is 9.19. The van der Waals surface area contributed by atoms with Crippen LogP contribution in [0.3, 0.4) is 0 Å². The van der Waals surface area contributed by atoms with Gasteiger partial charge in [0.2, 0.25) is 0 Å². The van der Waals surface area contributed by atoms with Crippen LogP contribution < -0.4 is 14.8 Å². The van der Waals surface area contributed by atoms with E-state index in [0.29, 0.717) is 5.92 Å². The fourth-order valence-electron chi connectivity index (χ4n) is 1.95. The molecule has 19 heavy (non-hydrogen) atoms. The smallest absolute Gasteiger partial charge is 0.124 e. The van der Waals surface area contributed by atoms with Gasteiger partial charge in [-0.15, -0.1) is 0 Å². The summed E-state index contributed by atoms with van der Waals surface area (Å²) in [6.45, 7) is 7.12. The van der Waals surface area contributed by atoms with Crippen molar-refractivity contribution in [1.82, 2.24) is 5.32 Å². The number of hydrogen-bond donors (Lipinski definition) is 1. The van der Waals surface area contributed by atoms with Gasteiger partial charge in [0.15, 0.2) is 0 Å². The van der Waals surface area contributed by atoms with Crippen molar-refractivity contribution < 1.29 is 9.47 Å². The third-order valence-electron chi connectivity index (χ3n) is 3.31. The van der Waals surface area contributed by atoms with Crippen LogP contribution in [0.15, 0.2) is 18.2 Å². The molecule has 1 aliphatic carbocycles. The first kappa shape index (κ1) is 14.2. The Morgan fingerprint density at radius 3 is 2.74 bits per heavy atom. The summed E-state index contributed by atoms with van der Waals surface area (Å²) in [7, 11) is 1.70. The van der Waals surface area contributed by atoms with Crippen LogP contribution in [0, 0.1) is 11.8 Å². The van der Waals surface area contributed by atoms with Gasteiger partial charge in [0.05, 0.1) is 13.7 Å². The fourth-order valence-corrected chi connectivity index (χ4v) is 1.95. The molecule has 3 nitrogen and oxygen atoms in total. The van der Waals surface area contributed by atoms with Gasteiger partial charge in [-0.25, -0.2) is 0 Å². The average Bonchev–Trinajstić information content (AvgIpc) is 3.20. The van der Waals surface area contributed by atoms with E-state index in [0.717, 1.165) is 37.1 Å². The van der Waals surface area contributed by atoms with Gasteiger partial charge in [-0.2, -0.15) is 0 Å².